The lowest BCUT2D eigenvalue weighted by Crippen LogP contribution is -2.49. The molecule has 1 aromatic rings. The van der Waals surface area contributed by atoms with Gasteiger partial charge in [-0.1, -0.05) is 94.0 Å². The van der Waals surface area contributed by atoms with E-state index in [-0.39, 0.29) is 46.2 Å². The van der Waals surface area contributed by atoms with Crippen LogP contribution in [0.2, 0.25) is 54.4 Å². The molecule has 2 fully saturated rings. The first-order valence-electron chi connectivity index (χ1n) is 21.6. The van der Waals surface area contributed by atoms with E-state index in [1.807, 2.05) is 6.07 Å². The van der Waals surface area contributed by atoms with E-state index in [9.17, 15) is 8.42 Å². The van der Waals surface area contributed by atoms with Crippen LogP contribution in [0.15, 0.2) is 47.4 Å². The van der Waals surface area contributed by atoms with E-state index in [0.717, 1.165) is 49.6 Å². The molecule has 1 aromatic carbocycles. The molecule has 2 aliphatic heterocycles. The van der Waals surface area contributed by atoms with Crippen molar-refractivity contribution in [2.45, 2.75) is 197 Å². The van der Waals surface area contributed by atoms with Gasteiger partial charge in [-0.15, -0.1) is 0 Å². The van der Waals surface area contributed by atoms with Crippen molar-refractivity contribution in [3.8, 4) is 0 Å². The van der Waals surface area contributed by atoms with Crippen LogP contribution in [-0.2, 0) is 37.3 Å². The predicted molar refractivity (Wildman–Crippen MR) is 240 cm³/mol. The van der Waals surface area contributed by atoms with E-state index in [2.05, 4.69) is 102 Å². The van der Waals surface area contributed by atoms with Crippen LogP contribution in [0.1, 0.15) is 101 Å². The van der Waals surface area contributed by atoms with Crippen LogP contribution < -0.4 is 0 Å². The largest absolute Gasteiger partial charge is 0.417 e. The molecular formula is C44H82O8SSi3. The average molecular weight is 855 g/mol. The van der Waals surface area contributed by atoms with Gasteiger partial charge < -0.3 is 27.5 Å². The standard InChI is InChI=1S/C44H82O8SSi3/c1-17-56(18-2,19-3)48-27-23-24-35-28-33(4)34(5)39(50-35)30-40-38(32-53(45,46)37-25-21-20-22-26-37)42(47-12)41(51-40)29-36(52-55(15,16)44(9,10)11)31-49-54(13,14)43(6,7)8/h20-22,25-26,33,35-36,38-42H,5,17-19,23-24,27-32H2,1-4,6-16H3/t33-,35?,36+,38?,39?,40+,41-,42-/m1/s1. The van der Waals surface area contributed by atoms with Crippen LogP contribution in [0.25, 0.3) is 0 Å². The van der Waals surface area contributed by atoms with E-state index in [4.69, 9.17) is 27.5 Å². The molecule has 0 aromatic heterocycles. The first-order chi connectivity index (χ1) is 25.9. The van der Waals surface area contributed by atoms with Crippen LogP contribution in [0, 0.1) is 11.8 Å². The Morgan fingerprint density at radius 2 is 1.46 bits per heavy atom. The fourth-order valence-electron chi connectivity index (χ4n) is 7.83. The summed E-state index contributed by atoms with van der Waals surface area (Å²) in [6.45, 7) is 37.4. The summed E-state index contributed by atoms with van der Waals surface area (Å²) < 4.78 is 68.9. The van der Waals surface area contributed by atoms with Crippen molar-refractivity contribution >= 4 is 34.8 Å². The number of methoxy groups -OCH3 is 1. The molecule has 2 aliphatic rings. The summed E-state index contributed by atoms with van der Waals surface area (Å²) in [5.74, 6) is -0.217. The average Bonchev–Trinajstić information content (AvgIpc) is 3.42. The lowest BCUT2D eigenvalue weighted by Gasteiger charge is -2.42. The predicted octanol–water partition coefficient (Wildman–Crippen LogP) is 11.2. The number of hydrogen-bond acceptors (Lipinski definition) is 8. The maximum Gasteiger partial charge on any atom is 0.192 e. The van der Waals surface area contributed by atoms with E-state index < -0.39 is 52.9 Å². The Morgan fingerprint density at radius 3 is 2.00 bits per heavy atom. The zero-order chi connectivity index (χ0) is 42.3. The minimum atomic E-state index is -3.65. The van der Waals surface area contributed by atoms with Crippen molar-refractivity contribution in [2.24, 2.45) is 11.8 Å². The molecule has 8 atom stereocenters. The van der Waals surface area contributed by atoms with E-state index >= 15 is 0 Å². The molecule has 8 nitrogen and oxygen atoms in total. The zero-order valence-electron chi connectivity index (χ0n) is 38.2. The first-order valence-corrected chi connectivity index (χ1v) is 31.6. The number of benzene rings is 1. The highest BCUT2D eigenvalue weighted by atomic mass is 32.2. The number of sulfone groups is 1. The second kappa shape index (κ2) is 20.3. The lowest BCUT2D eigenvalue weighted by atomic mass is 9.83. The number of hydrogen-bond donors (Lipinski definition) is 0. The van der Waals surface area contributed by atoms with Gasteiger partial charge in [-0.3, -0.25) is 0 Å². The van der Waals surface area contributed by atoms with Crippen molar-refractivity contribution in [2.75, 3.05) is 26.1 Å². The fourth-order valence-corrected chi connectivity index (χ4v) is 14.6. The minimum Gasteiger partial charge on any atom is -0.417 e. The fraction of sp³-hybridized carbons (Fsp3) is 0.818. The van der Waals surface area contributed by atoms with Gasteiger partial charge in [-0.25, -0.2) is 8.42 Å². The normalized spacial score (nSPS) is 26.5. The van der Waals surface area contributed by atoms with Crippen LogP contribution in [-0.4, -0.2) is 96.1 Å². The van der Waals surface area contributed by atoms with Crippen LogP contribution in [0.3, 0.4) is 0 Å². The number of rotatable bonds is 21. The molecule has 0 aliphatic carbocycles. The van der Waals surface area contributed by atoms with Crippen LogP contribution >= 0.6 is 0 Å². The molecule has 0 N–H and O–H groups in total. The Bertz CT molecular complexity index is 1460. The summed E-state index contributed by atoms with van der Waals surface area (Å²) >= 11 is 0. The van der Waals surface area contributed by atoms with E-state index in [0.29, 0.717) is 24.3 Å². The van der Waals surface area contributed by atoms with Crippen molar-refractivity contribution < 1.29 is 35.9 Å². The lowest BCUT2D eigenvalue weighted by molar-refractivity contribution is -0.0759. The SMILES string of the molecule is C=C1C(C[C@@H]2O[C@H](C[C@@H](CO[Si](C)(C)C(C)(C)C)O[Si](C)(C)C(C)(C)C)[C@H](OC)C2CS(=O)(=O)c2ccccc2)OC(CCCO[Si](CC)(CC)CC)C[C@H]1C. The van der Waals surface area contributed by atoms with E-state index in [1.54, 1.807) is 31.4 Å². The highest BCUT2D eigenvalue weighted by molar-refractivity contribution is 7.91. The maximum atomic E-state index is 14.1. The van der Waals surface area contributed by atoms with Crippen molar-refractivity contribution in [3.05, 3.63) is 42.5 Å². The molecule has 0 bridgehead atoms. The smallest absolute Gasteiger partial charge is 0.192 e. The Hall–Kier alpha value is -0.679. The summed E-state index contributed by atoms with van der Waals surface area (Å²) in [5.41, 5.74) is 1.06. The molecule has 3 unspecified atom stereocenters. The third-order valence-corrected chi connectivity index (χ3v) is 29.6. The third kappa shape index (κ3) is 12.9. The molecule has 0 radical (unpaired) electrons. The number of ether oxygens (including phenoxy) is 3. The van der Waals surface area contributed by atoms with Crippen molar-refractivity contribution in [1.29, 1.82) is 0 Å². The van der Waals surface area contributed by atoms with Gasteiger partial charge in [0.25, 0.3) is 0 Å². The van der Waals surface area contributed by atoms with Crippen molar-refractivity contribution in [1.82, 2.24) is 0 Å². The molecule has 0 saturated carbocycles. The Labute approximate surface area is 346 Å². The topological polar surface area (TPSA) is 89.5 Å². The summed E-state index contributed by atoms with van der Waals surface area (Å²) in [7, 11) is -7.92. The van der Waals surface area contributed by atoms with Crippen LogP contribution in [0.5, 0.6) is 0 Å². The zero-order valence-corrected chi connectivity index (χ0v) is 42.0. The summed E-state index contributed by atoms with van der Waals surface area (Å²) in [5, 5.41) is 0.0477. The minimum absolute atomic E-state index is 0.000640. The van der Waals surface area contributed by atoms with E-state index in [1.165, 1.54) is 0 Å². The molecular weight excluding hydrogens is 773 g/mol. The molecule has 0 spiro atoms. The van der Waals surface area contributed by atoms with Crippen molar-refractivity contribution in [3.63, 3.8) is 0 Å². The Morgan fingerprint density at radius 1 is 0.875 bits per heavy atom. The van der Waals surface area contributed by atoms with Gasteiger partial charge in [0.1, 0.15) is 0 Å². The van der Waals surface area contributed by atoms with Gasteiger partial charge in [-0.2, -0.15) is 0 Å². The second-order valence-corrected chi connectivity index (χ2v) is 36.3. The van der Waals surface area contributed by atoms with Gasteiger partial charge in [0.05, 0.1) is 53.9 Å². The molecule has 324 valence electrons. The van der Waals surface area contributed by atoms with Gasteiger partial charge in [0.15, 0.2) is 34.8 Å². The maximum absolute atomic E-state index is 14.1. The molecule has 12 heteroatoms. The summed E-state index contributed by atoms with van der Waals surface area (Å²) in [6, 6.07) is 12.2. The highest BCUT2D eigenvalue weighted by Gasteiger charge is 2.50. The molecule has 2 saturated heterocycles. The Kier molecular flexibility index (Phi) is 18.0. The summed E-state index contributed by atoms with van der Waals surface area (Å²) in [4.78, 5) is 0.314. The molecule has 3 rings (SSSR count). The van der Waals surface area contributed by atoms with Gasteiger partial charge in [0.2, 0.25) is 0 Å². The van der Waals surface area contributed by atoms with Gasteiger partial charge in [-0.05, 0) is 97.3 Å². The van der Waals surface area contributed by atoms with Gasteiger partial charge in [0, 0.05) is 32.5 Å². The quantitative estimate of drug-likeness (QED) is 0.0686. The first kappa shape index (κ1) is 49.7. The monoisotopic (exact) mass is 855 g/mol. The molecule has 2 heterocycles. The third-order valence-electron chi connectivity index (χ3n) is 14.1. The molecule has 0 amide bonds. The molecule has 56 heavy (non-hydrogen) atoms. The highest BCUT2D eigenvalue weighted by Crippen LogP contribution is 2.43. The summed E-state index contributed by atoms with van der Waals surface area (Å²) in [6.07, 6.45) is 2.22. The van der Waals surface area contributed by atoms with Crippen LogP contribution in [0.4, 0.5) is 0 Å². The second-order valence-electron chi connectivity index (χ2n) is 19.9. The van der Waals surface area contributed by atoms with Gasteiger partial charge >= 0.3 is 0 Å². The Balaban J connectivity index is 1.92.